The van der Waals surface area contributed by atoms with E-state index in [0.29, 0.717) is 5.56 Å². The van der Waals surface area contributed by atoms with Gasteiger partial charge < -0.3 is 5.32 Å². The molecule has 4 heteroatoms. The van der Waals surface area contributed by atoms with Gasteiger partial charge in [-0.3, -0.25) is 4.79 Å². The Bertz CT molecular complexity index is 922. The van der Waals surface area contributed by atoms with Crippen LogP contribution >= 0.6 is 23.4 Å². The molecule has 0 aromatic heterocycles. The lowest BCUT2D eigenvalue weighted by molar-refractivity contribution is 0.102. The van der Waals surface area contributed by atoms with Crippen molar-refractivity contribution in [1.29, 1.82) is 0 Å². The van der Waals surface area contributed by atoms with Crippen LogP contribution in [0.5, 0.6) is 0 Å². The minimum absolute atomic E-state index is 0.0901. The molecule has 0 saturated heterocycles. The Morgan fingerprint density at radius 3 is 2.42 bits per heavy atom. The van der Waals surface area contributed by atoms with Crippen LogP contribution in [0.1, 0.15) is 27.0 Å². The molecule has 0 spiro atoms. The minimum Gasteiger partial charge on any atom is -0.321 e. The number of hydrogen-bond donors (Lipinski definition) is 1. The normalized spacial score (nSPS) is 10.6. The van der Waals surface area contributed by atoms with Crippen LogP contribution in [-0.2, 0) is 5.75 Å². The summed E-state index contributed by atoms with van der Waals surface area (Å²) in [6.45, 7) is 4.06. The van der Waals surface area contributed by atoms with Crippen LogP contribution in [0, 0.1) is 13.8 Å². The molecule has 0 heterocycles. The molecule has 26 heavy (non-hydrogen) atoms. The SMILES string of the molecule is Cc1ccc(C(=O)Nc2ccccc2SCc2ccc(Cl)cc2)cc1C. The van der Waals surface area contributed by atoms with E-state index in [2.05, 4.69) is 5.32 Å². The second kappa shape index (κ2) is 8.43. The van der Waals surface area contributed by atoms with Gasteiger partial charge in [-0.25, -0.2) is 0 Å². The number of nitrogens with one attached hydrogen (secondary N) is 1. The fourth-order valence-corrected chi connectivity index (χ4v) is 3.60. The van der Waals surface area contributed by atoms with E-state index in [0.717, 1.165) is 26.9 Å². The van der Waals surface area contributed by atoms with Crippen LogP contribution in [0.25, 0.3) is 0 Å². The van der Waals surface area contributed by atoms with Crippen LogP contribution in [0.3, 0.4) is 0 Å². The molecular weight excluding hydrogens is 362 g/mol. The summed E-state index contributed by atoms with van der Waals surface area (Å²) >= 11 is 7.63. The Kier molecular flexibility index (Phi) is 6.02. The van der Waals surface area contributed by atoms with E-state index < -0.39 is 0 Å². The number of hydrogen-bond acceptors (Lipinski definition) is 2. The Morgan fingerprint density at radius 1 is 0.962 bits per heavy atom. The number of thioether (sulfide) groups is 1. The first-order valence-corrected chi connectivity index (χ1v) is 9.74. The lowest BCUT2D eigenvalue weighted by Gasteiger charge is -2.12. The van der Waals surface area contributed by atoms with Crippen LogP contribution in [0.4, 0.5) is 5.69 Å². The molecule has 132 valence electrons. The number of amides is 1. The topological polar surface area (TPSA) is 29.1 Å². The second-order valence-electron chi connectivity index (χ2n) is 6.16. The summed E-state index contributed by atoms with van der Waals surface area (Å²) in [5.74, 6) is 0.723. The summed E-state index contributed by atoms with van der Waals surface area (Å²) in [4.78, 5) is 13.6. The summed E-state index contributed by atoms with van der Waals surface area (Å²) < 4.78 is 0. The second-order valence-corrected chi connectivity index (χ2v) is 7.62. The summed E-state index contributed by atoms with van der Waals surface area (Å²) in [5.41, 5.74) is 4.98. The van der Waals surface area contributed by atoms with E-state index in [1.54, 1.807) is 11.8 Å². The number of carbonyl (C=O) groups excluding carboxylic acids is 1. The fourth-order valence-electron chi connectivity index (χ4n) is 2.51. The van der Waals surface area contributed by atoms with E-state index in [1.165, 1.54) is 11.1 Å². The maximum atomic E-state index is 12.6. The monoisotopic (exact) mass is 381 g/mol. The van der Waals surface area contributed by atoms with E-state index in [-0.39, 0.29) is 5.91 Å². The van der Waals surface area contributed by atoms with E-state index in [1.807, 2.05) is 80.6 Å². The zero-order chi connectivity index (χ0) is 18.5. The molecule has 0 bridgehead atoms. The minimum atomic E-state index is -0.0901. The number of aryl methyl sites for hydroxylation is 2. The van der Waals surface area contributed by atoms with Gasteiger partial charge in [-0.15, -0.1) is 11.8 Å². The highest BCUT2D eigenvalue weighted by Gasteiger charge is 2.10. The number of rotatable bonds is 5. The van der Waals surface area contributed by atoms with Crippen molar-refractivity contribution in [3.05, 3.63) is 94.0 Å². The summed E-state index contributed by atoms with van der Waals surface area (Å²) in [6.07, 6.45) is 0. The summed E-state index contributed by atoms with van der Waals surface area (Å²) in [5, 5.41) is 3.77. The maximum Gasteiger partial charge on any atom is 0.255 e. The van der Waals surface area contributed by atoms with Crippen LogP contribution < -0.4 is 5.32 Å². The predicted octanol–water partition coefficient (Wildman–Crippen LogP) is 6.50. The summed E-state index contributed by atoms with van der Waals surface area (Å²) in [7, 11) is 0. The highest BCUT2D eigenvalue weighted by Crippen LogP contribution is 2.30. The van der Waals surface area contributed by atoms with Gasteiger partial charge in [-0.1, -0.05) is 41.9 Å². The molecule has 2 nitrogen and oxygen atoms in total. The molecule has 1 N–H and O–H groups in total. The number of carbonyl (C=O) groups is 1. The van der Waals surface area contributed by atoms with Crippen molar-refractivity contribution in [3.8, 4) is 0 Å². The smallest absolute Gasteiger partial charge is 0.255 e. The first kappa shape index (κ1) is 18.6. The standard InChI is InChI=1S/C22H20ClNOS/c1-15-7-10-18(13-16(15)2)22(25)24-20-5-3-4-6-21(20)26-14-17-8-11-19(23)12-9-17/h3-13H,14H2,1-2H3,(H,24,25). The van der Waals surface area contributed by atoms with Gasteiger partial charge in [0.05, 0.1) is 5.69 Å². The number of halogens is 1. The molecule has 3 aromatic carbocycles. The third kappa shape index (κ3) is 4.69. The van der Waals surface area contributed by atoms with Crippen molar-refractivity contribution < 1.29 is 4.79 Å². The number of benzene rings is 3. The highest BCUT2D eigenvalue weighted by atomic mass is 35.5. The van der Waals surface area contributed by atoms with Crippen LogP contribution in [0.2, 0.25) is 5.02 Å². The lowest BCUT2D eigenvalue weighted by Crippen LogP contribution is -2.12. The first-order chi connectivity index (χ1) is 12.5. The van der Waals surface area contributed by atoms with Gasteiger partial charge >= 0.3 is 0 Å². The Labute approximate surface area is 163 Å². The van der Waals surface area contributed by atoms with Crippen molar-refractivity contribution in [2.24, 2.45) is 0 Å². The zero-order valence-corrected chi connectivity index (χ0v) is 16.3. The van der Waals surface area contributed by atoms with Gasteiger partial charge in [-0.2, -0.15) is 0 Å². The molecule has 3 rings (SSSR count). The lowest BCUT2D eigenvalue weighted by atomic mass is 10.1. The molecular formula is C22H20ClNOS. The van der Waals surface area contributed by atoms with Gasteiger partial charge in [0.25, 0.3) is 5.91 Å². The molecule has 0 aliphatic carbocycles. The van der Waals surface area contributed by atoms with E-state index in [9.17, 15) is 4.79 Å². The van der Waals surface area contributed by atoms with Gasteiger partial charge in [0, 0.05) is 21.2 Å². The molecule has 0 saturated carbocycles. The molecule has 0 radical (unpaired) electrons. The average Bonchev–Trinajstić information content (AvgIpc) is 2.64. The highest BCUT2D eigenvalue weighted by molar-refractivity contribution is 7.98. The molecule has 1 amide bonds. The molecule has 0 aliphatic rings. The van der Waals surface area contributed by atoms with E-state index in [4.69, 9.17) is 11.6 Å². The fraction of sp³-hybridized carbons (Fsp3) is 0.136. The van der Waals surface area contributed by atoms with Gasteiger partial charge in [0.1, 0.15) is 0 Å². The average molecular weight is 382 g/mol. The van der Waals surface area contributed by atoms with E-state index >= 15 is 0 Å². The van der Waals surface area contributed by atoms with Gasteiger partial charge in [0.15, 0.2) is 0 Å². The Morgan fingerprint density at radius 2 is 1.69 bits per heavy atom. The van der Waals surface area contributed by atoms with Crippen molar-refractivity contribution in [1.82, 2.24) is 0 Å². The third-order valence-corrected chi connectivity index (χ3v) is 5.61. The molecule has 0 fully saturated rings. The van der Waals surface area contributed by atoms with Crippen molar-refractivity contribution in [2.45, 2.75) is 24.5 Å². The van der Waals surface area contributed by atoms with Crippen molar-refractivity contribution >= 4 is 35.0 Å². The quantitative estimate of drug-likeness (QED) is 0.511. The van der Waals surface area contributed by atoms with Gasteiger partial charge in [-0.05, 0) is 66.9 Å². The molecule has 3 aromatic rings. The van der Waals surface area contributed by atoms with Crippen LogP contribution in [-0.4, -0.2) is 5.91 Å². The van der Waals surface area contributed by atoms with Crippen molar-refractivity contribution in [3.63, 3.8) is 0 Å². The molecule has 0 atom stereocenters. The predicted molar refractivity (Wildman–Crippen MR) is 111 cm³/mol. The number of anilines is 1. The Hall–Kier alpha value is -2.23. The molecule has 0 unspecified atom stereocenters. The number of para-hydroxylation sites is 1. The largest absolute Gasteiger partial charge is 0.321 e. The van der Waals surface area contributed by atoms with Crippen molar-refractivity contribution in [2.75, 3.05) is 5.32 Å². The third-order valence-electron chi connectivity index (χ3n) is 4.21. The van der Waals surface area contributed by atoms with Gasteiger partial charge in [0.2, 0.25) is 0 Å². The summed E-state index contributed by atoms with van der Waals surface area (Å²) in [6, 6.07) is 21.5. The first-order valence-electron chi connectivity index (χ1n) is 8.38. The zero-order valence-electron chi connectivity index (χ0n) is 14.8. The Balaban J connectivity index is 1.73. The molecule has 0 aliphatic heterocycles. The van der Waals surface area contributed by atoms with Crippen LogP contribution in [0.15, 0.2) is 71.6 Å². The maximum absolute atomic E-state index is 12.6.